The van der Waals surface area contributed by atoms with E-state index in [0.717, 1.165) is 5.66 Å². The molecule has 0 saturated carbocycles. The molecule has 2 rings (SSSR count). The highest BCUT2D eigenvalue weighted by molar-refractivity contribution is 7.85. The first-order valence-electron chi connectivity index (χ1n) is 10.4. The topological polar surface area (TPSA) is 54.4 Å². The van der Waals surface area contributed by atoms with E-state index >= 15 is 0 Å². The van der Waals surface area contributed by atoms with Gasteiger partial charge in [0.2, 0.25) is 0 Å². The molecule has 3 nitrogen and oxygen atoms in total. The highest BCUT2D eigenvalue weighted by atomic mass is 32.2. The lowest BCUT2D eigenvalue weighted by atomic mass is 10.1. The minimum Gasteiger partial charge on any atom is -0.282 e. The van der Waals surface area contributed by atoms with Crippen molar-refractivity contribution in [3.05, 3.63) is 66.2 Å². The Morgan fingerprint density at radius 1 is 0.793 bits per heavy atom. The molecular weight excluding hydrogens is 418 g/mol. The Balaban J connectivity index is 0.000000352. The molecule has 2 aromatic carbocycles. The highest BCUT2D eigenvalue weighted by Crippen LogP contribution is 2.54. The molecule has 0 aliphatic carbocycles. The van der Waals surface area contributed by atoms with Crippen molar-refractivity contribution in [1.29, 1.82) is 0 Å². The normalized spacial score (nSPS) is 12.5. The molecule has 0 bridgehead atoms. The van der Waals surface area contributed by atoms with E-state index in [1.54, 1.807) is 23.8 Å². The minimum atomic E-state index is -4.00. The molecule has 0 amide bonds. The predicted octanol–water partition coefficient (Wildman–Crippen LogP) is 7.09. The maximum Gasteiger partial charge on any atom is 0.294 e. The van der Waals surface area contributed by atoms with Crippen LogP contribution in [0.15, 0.2) is 65.6 Å². The molecule has 0 spiro atoms. The van der Waals surface area contributed by atoms with E-state index in [9.17, 15) is 8.42 Å². The van der Waals surface area contributed by atoms with Gasteiger partial charge < -0.3 is 0 Å². The maximum atomic E-state index is 10.4. The molecule has 0 aliphatic heterocycles. The van der Waals surface area contributed by atoms with Crippen LogP contribution in [0.25, 0.3) is 0 Å². The lowest BCUT2D eigenvalue weighted by molar-refractivity contribution is 0.483. The van der Waals surface area contributed by atoms with Crippen molar-refractivity contribution >= 4 is 26.0 Å². The van der Waals surface area contributed by atoms with Crippen molar-refractivity contribution in [2.45, 2.75) is 44.7 Å². The average Bonchev–Trinajstić information content (AvgIpc) is 2.75. The zero-order chi connectivity index (χ0) is 21.7. The zero-order valence-corrected chi connectivity index (χ0v) is 20.8. The summed E-state index contributed by atoms with van der Waals surface area (Å²) in [4.78, 5) is -0.0741. The third-order valence-corrected chi connectivity index (χ3v) is 11.7. The summed E-state index contributed by atoms with van der Waals surface area (Å²) in [5.41, 5.74) is 2.44. The van der Waals surface area contributed by atoms with Crippen LogP contribution < -0.4 is 0 Å². The fourth-order valence-electron chi connectivity index (χ4n) is 3.34. The lowest BCUT2D eigenvalue weighted by Gasteiger charge is -2.28. The molecule has 29 heavy (non-hydrogen) atoms. The van der Waals surface area contributed by atoms with Gasteiger partial charge in [0.15, 0.2) is 0 Å². The summed E-state index contributed by atoms with van der Waals surface area (Å²) in [5.74, 6) is 0. The van der Waals surface area contributed by atoms with Crippen LogP contribution in [0.4, 0.5) is 0 Å². The monoisotopic (exact) mass is 454 g/mol. The smallest absolute Gasteiger partial charge is 0.282 e. The first-order valence-corrected chi connectivity index (χ1v) is 15.5. The molecule has 0 radical (unpaired) electrons. The van der Waals surface area contributed by atoms with Crippen molar-refractivity contribution in [3.63, 3.8) is 0 Å². The van der Waals surface area contributed by atoms with Gasteiger partial charge in [-0.3, -0.25) is 4.55 Å². The third kappa shape index (κ3) is 9.71. The minimum absolute atomic E-state index is 0.0741. The lowest BCUT2D eigenvalue weighted by Crippen LogP contribution is -2.04. The Hall–Kier alpha value is -0.790. The van der Waals surface area contributed by atoms with Gasteiger partial charge in [-0.25, -0.2) is 0 Å². The fraction of sp³-hybridized carbons (Fsp3) is 0.478. The van der Waals surface area contributed by atoms with Crippen molar-refractivity contribution in [1.82, 2.24) is 0 Å². The molecule has 0 saturated heterocycles. The van der Waals surface area contributed by atoms with Gasteiger partial charge in [-0.2, -0.15) is 8.42 Å². The quantitative estimate of drug-likeness (QED) is 0.308. The van der Waals surface area contributed by atoms with E-state index in [1.165, 1.54) is 49.4 Å². The van der Waals surface area contributed by atoms with Gasteiger partial charge in [0.1, 0.15) is 0 Å². The van der Waals surface area contributed by atoms with E-state index in [2.05, 4.69) is 58.0 Å². The predicted molar refractivity (Wildman–Crippen MR) is 131 cm³/mol. The Bertz CT molecular complexity index is 759. The molecule has 1 N–H and O–H groups in total. The van der Waals surface area contributed by atoms with Crippen molar-refractivity contribution in [2.24, 2.45) is 0 Å². The largest absolute Gasteiger partial charge is 0.294 e. The number of rotatable bonds is 10. The van der Waals surface area contributed by atoms with Gasteiger partial charge in [0, 0.05) is 5.66 Å². The second-order valence-corrected chi connectivity index (χ2v) is 14.3. The second kappa shape index (κ2) is 14.3. The van der Waals surface area contributed by atoms with Crippen LogP contribution in [-0.2, 0) is 10.1 Å². The summed E-state index contributed by atoms with van der Waals surface area (Å²) < 4.78 is 29.2. The van der Waals surface area contributed by atoms with Crippen LogP contribution in [0.2, 0.25) is 0 Å². The van der Waals surface area contributed by atoms with E-state index in [1.807, 2.05) is 0 Å². The van der Waals surface area contributed by atoms with Crippen molar-refractivity contribution in [2.75, 3.05) is 30.8 Å². The van der Waals surface area contributed by atoms with Crippen LogP contribution in [0.5, 0.6) is 0 Å². The van der Waals surface area contributed by atoms with E-state index in [4.69, 9.17) is 4.55 Å². The molecule has 0 heterocycles. The first-order chi connectivity index (χ1) is 13.9. The van der Waals surface area contributed by atoms with Gasteiger partial charge in [0.25, 0.3) is 10.1 Å². The first kappa shape index (κ1) is 26.2. The summed E-state index contributed by atoms with van der Waals surface area (Å²) >= 11 is 0. The van der Waals surface area contributed by atoms with Crippen molar-refractivity contribution in [3.8, 4) is 0 Å². The molecule has 1 atom stereocenters. The van der Waals surface area contributed by atoms with Crippen molar-refractivity contribution < 1.29 is 13.0 Å². The Morgan fingerprint density at radius 3 is 1.66 bits per heavy atom. The molecule has 0 aliphatic rings. The fourth-order valence-corrected chi connectivity index (χ4v) is 8.16. The maximum absolute atomic E-state index is 10.4. The van der Waals surface area contributed by atoms with Crippen LogP contribution in [0, 0.1) is 0 Å². The SMILES string of the molecule is CCP(CC)CCC(c1ccccc1)P(CC)CC.O=S(=O)(O)c1ccccc1. The van der Waals surface area contributed by atoms with E-state index in [-0.39, 0.29) is 12.8 Å². The summed E-state index contributed by atoms with van der Waals surface area (Å²) in [7, 11) is -3.53. The average molecular weight is 455 g/mol. The Kier molecular flexibility index (Phi) is 12.9. The molecule has 1 unspecified atom stereocenters. The number of hydrogen-bond acceptors (Lipinski definition) is 2. The van der Waals surface area contributed by atoms with E-state index < -0.39 is 10.1 Å². The van der Waals surface area contributed by atoms with E-state index in [0.29, 0.717) is 7.92 Å². The van der Waals surface area contributed by atoms with Crippen LogP contribution in [0.3, 0.4) is 0 Å². The molecule has 0 fully saturated rings. The Morgan fingerprint density at radius 2 is 1.28 bits per heavy atom. The highest BCUT2D eigenvalue weighted by Gasteiger charge is 2.20. The molecule has 6 heteroatoms. The number of benzene rings is 2. The summed E-state index contributed by atoms with van der Waals surface area (Å²) in [6.07, 6.45) is 8.46. The molecule has 162 valence electrons. The van der Waals surface area contributed by atoms with Gasteiger partial charge in [0.05, 0.1) is 4.90 Å². The summed E-state index contributed by atoms with van der Waals surface area (Å²) in [5, 5.41) is 0. The summed E-state index contributed by atoms with van der Waals surface area (Å²) in [6.45, 7) is 9.51. The Labute approximate surface area is 180 Å². The van der Waals surface area contributed by atoms with Gasteiger partial charge in [-0.1, -0.05) is 84.1 Å². The van der Waals surface area contributed by atoms with Crippen LogP contribution >= 0.6 is 15.8 Å². The molecule has 0 aromatic heterocycles. The molecule has 2 aromatic rings. The zero-order valence-electron chi connectivity index (χ0n) is 18.2. The number of hydrogen-bond donors (Lipinski definition) is 1. The van der Waals surface area contributed by atoms with Crippen LogP contribution in [-0.4, -0.2) is 43.8 Å². The van der Waals surface area contributed by atoms with Crippen LogP contribution in [0.1, 0.15) is 45.3 Å². The standard InChI is InChI=1S/C17H30P2.C6H6O3S/c1-5-18(6-2)15-14-17(19(7-3)8-4)16-12-10-9-11-13-16;7-10(8,9)6-4-2-1-3-5-6/h9-13,17H,5-8,14-15H2,1-4H3;1-5H,(H,7,8,9). The van der Waals surface area contributed by atoms with Gasteiger partial charge >= 0.3 is 0 Å². The van der Waals surface area contributed by atoms with Gasteiger partial charge in [-0.15, -0.1) is 7.92 Å². The van der Waals surface area contributed by atoms with Gasteiger partial charge in [-0.05, 0) is 54.9 Å². The summed E-state index contributed by atoms with van der Waals surface area (Å²) in [6, 6.07) is 18.7. The molecular formula is C23H36O3P2S. The third-order valence-electron chi connectivity index (χ3n) is 5.09. The second-order valence-electron chi connectivity index (χ2n) is 6.75.